The molecule has 0 amide bonds. The molecule has 0 saturated heterocycles. The highest BCUT2D eigenvalue weighted by Gasteiger charge is 2.24. The van der Waals surface area contributed by atoms with Crippen molar-refractivity contribution in [2.75, 3.05) is 5.32 Å². The van der Waals surface area contributed by atoms with Crippen LogP contribution >= 0.6 is 11.6 Å². The van der Waals surface area contributed by atoms with Gasteiger partial charge in [0, 0.05) is 23.2 Å². The van der Waals surface area contributed by atoms with E-state index >= 15 is 0 Å². The molecule has 0 radical (unpaired) electrons. The second-order valence-electron chi connectivity index (χ2n) is 5.56. The Morgan fingerprint density at radius 2 is 1.89 bits per heavy atom. The van der Waals surface area contributed by atoms with E-state index in [-0.39, 0.29) is 11.8 Å². The summed E-state index contributed by atoms with van der Waals surface area (Å²) in [5.41, 5.74) is 1.06. The summed E-state index contributed by atoms with van der Waals surface area (Å²) in [5.74, 6) is 0.880. The average molecular weight is 280 g/mol. The van der Waals surface area contributed by atoms with Crippen LogP contribution in [-0.2, 0) is 4.79 Å². The zero-order valence-electron chi connectivity index (χ0n) is 11.5. The van der Waals surface area contributed by atoms with Crippen LogP contribution in [0.2, 0.25) is 5.02 Å². The van der Waals surface area contributed by atoms with Crippen LogP contribution in [0.5, 0.6) is 0 Å². The van der Waals surface area contributed by atoms with E-state index in [0.717, 1.165) is 10.7 Å². The number of hydrogen-bond acceptors (Lipinski definition) is 2. The highest BCUT2D eigenvalue weighted by molar-refractivity contribution is 6.30. The molecule has 0 unspecified atom stereocenters. The van der Waals surface area contributed by atoms with E-state index in [9.17, 15) is 4.79 Å². The molecule has 1 fully saturated rings. The molecule has 0 bridgehead atoms. The highest BCUT2D eigenvalue weighted by atomic mass is 35.5. The van der Waals surface area contributed by atoms with Gasteiger partial charge in [0.15, 0.2) is 0 Å². The van der Waals surface area contributed by atoms with Crippen molar-refractivity contribution in [2.24, 2.45) is 5.92 Å². The lowest BCUT2D eigenvalue weighted by atomic mass is 9.82. The predicted molar refractivity (Wildman–Crippen MR) is 80.7 cm³/mol. The molecule has 19 heavy (non-hydrogen) atoms. The first-order chi connectivity index (χ1) is 9.15. The quantitative estimate of drug-likeness (QED) is 0.848. The second-order valence-corrected chi connectivity index (χ2v) is 6.00. The van der Waals surface area contributed by atoms with Gasteiger partial charge in [-0.05, 0) is 49.9 Å². The Morgan fingerprint density at radius 1 is 1.26 bits per heavy atom. The number of hydrogen-bond donors (Lipinski definition) is 1. The lowest BCUT2D eigenvalue weighted by Gasteiger charge is -2.31. The van der Waals surface area contributed by atoms with Crippen molar-refractivity contribution in [3.05, 3.63) is 29.3 Å². The lowest BCUT2D eigenvalue weighted by Crippen LogP contribution is -2.32. The molecule has 1 aromatic carbocycles. The third-order valence-corrected chi connectivity index (χ3v) is 4.17. The fraction of sp³-hybridized carbons (Fsp3) is 0.562. The summed E-state index contributed by atoms with van der Waals surface area (Å²) in [6.45, 7) is 1.68. The van der Waals surface area contributed by atoms with Crippen molar-refractivity contribution in [2.45, 2.75) is 51.5 Å². The Kier molecular flexibility index (Phi) is 5.26. The summed E-state index contributed by atoms with van der Waals surface area (Å²) in [6.07, 6.45) is 7.01. The Bertz CT molecular complexity index is 409. The maximum absolute atomic E-state index is 11.5. The molecule has 0 spiro atoms. The first-order valence-corrected chi connectivity index (χ1v) is 7.54. The van der Waals surface area contributed by atoms with Crippen LogP contribution in [0.25, 0.3) is 0 Å². The minimum atomic E-state index is 0.261. The number of carbonyl (C=O) groups excluding carboxylic acids is 1. The second kappa shape index (κ2) is 6.95. The fourth-order valence-electron chi connectivity index (χ4n) is 2.94. The predicted octanol–water partition coefficient (Wildman–Crippen LogP) is 4.68. The number of Topliss-reactive ketones (excluding diaryl/α,β-unsaturated/α-hetero) is 1. The summed E-state index contributed by atoms with van der Waals surface area (Å²) >= 11 is 5.90. The molecule has 3 heteroatoms. The molecule has 1 aromatic rings. The van der Waals surface area contributed by atoms with E-state index in [4.69, 9.17) is 11.6 Å². The monoisotopic (exact) mass is 279 g/mol. The van der Waals surface area contributed by atoms with Crippen LogP contribution in [0, 0.1) is 5.92 Å². The van der Waals surface area contributed by atoms with E-state index in [0.29, 0.717) is 12.3 Å². The molecule has 0 heterocycles. The van der Waals surface area contributed by atoms with Gasteiger partial charge in [0.1, 0.15) is 5.78 Å². The van der Waals surface area contributed by atoms with E-state index in [2.05, 4.69) is 5.32 Å². The first kappa shape index (κ1) is 14.4. The van der Waals surface area contributed by atoms with Crippen molar-refractivity contribution in [1.82, 2.24) is 0 Å². The summed E-state index contributed by atoms with van der Waals surface area (Å²) in [6, 6.07) is 8.00. The topological polar surface area (TPSA) is 29.1 Å². The van der Waals surface area contributed by atoms with Gasteiger partial charge in [0.25, 0.3) is 0 Å². The molecule has 2 rings (SSSR count). The third kappa shape index (κ3) is 4.54. The van der Waals surface area contributed by atoms with Crippen molar-refractivity contribution in [3.8, 4) is 0 Å². The molecular formula is C16H22ClNO. The SMILES string of the molecule is CC(=O)C[C@H](Nc1ccc(Cl)cc1)C1CCCCC1. The molecule has 1 saturated carbocycles. The van der Waals surface area contributed by atoms with Gasteiger partial charge in [-0.2, -0.15) is 0 Å². The van der Waals surface area contributed by atoms with E-state index in [1.165, 1.54) is 32.1 Å². The lowest BCUT2D eigenvalue weighted by molar-refractivity contribution is -0.117. The van der Waals surface area contributed by atoms with Crippen LogP contribution < -0.4 is 5.32 Å². The Labute approximate surface area is 120 Å². The Balaban J connectivity index is 2.03. The maximum atomic E-state index is 11.5. The molecule has 2 nitrogen and oxygen atoms in total. The Morgan fingerprint density at radius 3 is 2.47 bits per heavy atom. The van der Waals surface area contributed by atoms with Gasteiger partial charge in [-0.25, -0.2) is 0 Å². The molecule has 1 atom stereocenters. The van der Waals surface area contributed by atoms with Crippen LogP contribution in [0.3, 0.4) is 0 Å². The summed E-state index contributed by atoms with van der Waals surface area (Å²) in [5, 5.41) is 4.27. The highest BCUT2D eigenvalue weighted by Crippen LogP contribution is 2.30. The number of ketones is 1. The van der Waals surface area contributed by atoms with E-state index < -0.39 is 0 Å². The molecule has 1 aliphatic carbocycles. The van der Waals surface area contributed by atoms with E-state index in [1.54, 1.807) is 6.92 Å². The van der Waals surface area contributed by atoms with Gasteiger partial charge in [-0.1, -0.05) is 30.9 Å². The van der Waals surface area contributed by atoms with Crippen LogP contribution in [0.4, 0.5) is 5.69 Å². The summed E-state index contributed by atoms with van der Waals surface area (Å²) < 4.78 is 0. The van der Waals surface area contributed by atoms with Gasteiger partial charge in [-0.3, -0.25) is 4.79 Å². The van der Waals surface area contributed by atoms with Gasteiger partial charge in [-0.15, -0.1) is 0 Å². The zero-order valence-corrected chi connectivity index (χ0v) is 12.2. The van der Waals surface area contributed by atoms with Gasteiger partial charge in [0.05, 0.1) is 0 Å². The smallest absolute Gasteiger partial charge is 0.131 e. The van der Waals surface area contributed by atoms with Gasteiger partial charge in [0.2, 0.25) is 0 Å². The number of benzene rings is 1. The minimum Gasteiger partial charge on any atom is -0.382 e. The van der Waals surface area contributed by atoms with Gasteiger partial charge < -0.3 is 5.32 Å². The molecular weight excluding hydrogens is 258 g/mol. The third-order valence-electron chi connectivity index (χ3n) is 3.92. The van der Waals surface area contributed by atoms with Crippen molar-refractivity contribution < 1.29 is 4.79 Å². The van der Waals surface area contributed by atoms with Crippen LogP contribution in [0.15, 0.2) is 24.3 Å². The van der Waals surface area contributed by atoms with Crippen molar-refractivity contribution in [3.63, 3.8) is 0 Å². The molecule has 1 N–H and O–H groups in total. The largest absolute Gasteiger partial charge is 0.382 e. The summed E-state index contributed by atoms with van der Waals surface area (Å²) in [7, 11) is 0. The van der Waals surface area contributed by atoms with E-state index in [1.807, 2.05) is 24.3 Å². The van der Waals surface area contributed by atoms with Crippen molar-refractivity contribution >= 4 is 23.1 Å². The standard InChI is InChI=1S/C16H22ClNO/c1-12(19)11-16(13-5-3-2-4-6-13)18-15-9-7-14(17)8-10-15/h7-10,13,16,18H,2-6,11H2,1H3/t16-/m0/s1. The molecule has 104 valence electrons. The van der Waals surface area contributed by atoms with Gasteiger partial charge >= 0.3 is 0 Å². The first-order valence-electron chi connectivity index (χ1n) is 7.16. The maximum Gasteiger partial charge on any atom is 0.131 e. The molecule has 1 aliphatic rings. The number of rotatable bonds is 5. The van der Waals surface area contributed by atoms with Crippen LogP contribution in [-0.4, -0.2) is 11.8 Å². The number of anilines is 1. The number of carbonyl (C=O) groups is 1. The fourth-order valence-corrected chi connectivity index (χ4v) is 3.07. The summed E-state index contributed by atoms with van der Waals surface area (Å²) in [4.78, 5) is 11.5. The minimum absolute atomic E-state index is 0.261. The average Bonchev–Trinajstić information content (AvgIpc) is 2.41. The number of halogens is 1. The normalized spacial score (nSPS) is 18.0. The number of nitrogens with one attached hydrogen (secondary N) is 1. The Hall–Kier alpha value is -1.02. The van der Waals surface area contributed by atoms with Crippen LogP contribution in [0.1, 0.15) is 45.4 Å². The molecule has 0 aromatic heterocycles. The molecule has 0 aliphatic heterocycles. The zero-order chi connectivity index (χ0) is 13.7. The van der Waals surface area contributed by atoms with Crippen molar-refractivity contribution in [1.29, 1.82) is 0 Å².